The molecule has 0 unspecified atom stereocenters. The molecule has 0 radical (unpaired) electrons. The molecule has 0 saturated carbocycles. The first-order valence-corrected chi connectivity index (χ1v) is 5.25. The van der Waals surface area contributed by atoms with E-state index in [1.807, 2.05) is 12.1 Å². The van der Waals surface area contributed by atoms with E-state index in [9.17, 15) is 9.59 Å². The molecule has 0 aliphatic heterocycles. The first-order valence-electron chi connectivity index (χ1n) is 4.46. The lowest BCUT2D eigenvalue weighted by Gasteiger charge is -2.00. The van der Waals surface area contributed by atoms with Gasteiger partial charge < -0.3 is 9.78 Å². The maximum Gasteiger partial charge on any atom is 0.193 e. The summed E-state index contributed by atoms with van der Waals surface area (Å²) in [5, 5.41) is 0.601. The number of nitrogens with one attached hydrogen (secondary N) is 1. The smallest absolute Gasteiger partial charge is 0.193 e. The van der Waals surface area contributed by atoms with Crippen LogP contribution in [0.1, 0.15) is 5.56 Å². The zero-order valence-corrected chi connectivity index (χ0v) is 9.37. The van der Waals surface area contributed by atoms with E-state index in [4.69, 9.17) is 0 Å². The number of pyridine rings is 1. The molecule has 2 aromatic rings. The highest BCUT2D eigenvalue weighted by atomic mass is 79.9. The van der Waals surface area contributed by atoms with Gasteiger partial charge in [-0.25, -0.2) is 0 Å². The maximum atomic E-state index is 11.9. The summed E-state index contributed by atoms with van der Waals surface area (Å²) in [5.74, 6) is 0. The van der Waals surface area contributed by atoms with Crippen LogP contribution in [-0.4, -0.2) is 11.3 Å². The summed E-state index contributed by atoms with van der Waals surface area (Å²) in [7, 11) is 0. The van der Waals surface area contributed by atoms with Crippen LogP contribution in [-0.2, 0) is 11.2 Å². The lowest BCUT2D eigenvalue weighted by molar-refractivity contribution is -0.107. The van der Waals surface area contributed by atoms with Crippen LogP contribution in [0.4, 0.5) is 0 Å². The Bertz CT molecular complexity index is 574. The molecule has 1 heterocycles. The first kappa shape index (κ1) is 10.1. The van der Waals surface area contributed by atoms with Crippen LogP contribution >= 0.6 is 15.9 Å². The molecular weight excluding hydrogens is 258 g/mol. The predicted molar refractivity (Wildman–Crippen MR) is 62.0 cm³/mol. The van der Waals surface area contributed by atoms with Gasteiger partial charge in [0.2, 0.25) is 0 Å². The highest BCUT2D eigenvalue weighted by molar-refractivity contribution is 9.10. The molecule has 0 bridgehead atoms. The molecule has 1 aromatic heterocycles. The molecule has 2 rings (SSSR count). The molecule has 0 atom stereocenters. The molecule has 76 valence electrons. The summed E-state index contributed by atoms with van der Waals surface area (Å²) in [4.78, 5) is 25.2. The average Bonchev–Trinajstić information content (AvgIpc) is 2.23. The van der Waals surface area contributed by atoms with Crippen LogP contribution in [0.5, 0.6) is 0 Å². The number of aromatic nitrogens is 1. The molecule has 3 nitrogen and oxygen atoms in total. The topological polar surface area (TPSA) is 49.9 Å². The number of aldehydes is 1. The van der Waals surface area contributed by atoms with Crippen LogP contribution in [0.25, 0.3) is 10.9 Å². The van der Waals surface area contributed by atoms with Crippen molar-refractivity contribution >= 4 is 33.1 Å². The zero-order chi connectivity index (χ0) is 10.8. The van der Waals surface area contributed by atoms with Gasteiger partial charge in [-0.05, 0) is 18.2 Å². The largest absolute Gasteiger partial charge is 0.361 e. The standard InChI is InChI=1S/C11H8BrNO2/c12-8-1-2-10-9(5-8)11(15)7(3-4-14)6-13-10/h1-2,4-6H,3H2,(H,13,15). The number of H-pyrrole nitrogens is 1. The van der Waals surface area contributed by atoms with E-state index in [-0.39, 0.29) is 11.8 Å². The van der Waals surface area contributed by atoms with E-state index in [2.05, 4.69) is 20.9 Å². The van der Waals surface area contributed by atoms with Crippen molar-refractivity contribution in [2.75, 3.05) is 0 Å². The first-order chi connectivity index (χ1) is 7.22. The van der Waals surface area contributed by atoms with Crippen molar-refractivity contribution in [3.05, 3.63) is 44.7 Å². The Hall–Kier alpha value is -1.42. The molecule has 4 heteroatoms. The molecule has 0 spiro atoms. The van der Waals surface area contributed by atoms with Crippen molar-refractivity contribution in [3.8, 4) is 0 Å². The summed E-state index contributed by atoms with van der Waals surface area (Å²) in [6.07, 6.45) is 2.47. The monoisotopic (exact) mass is 265 g/mol. The minimum Gasteiger partial charge on any atom is -0.361 e. The number of rotatable bonds is 2. The SMILES string of the molecule is O=CCc1c[nH]c2ccc(Br)cc2c1=O. The van der Waals surface area contributed by atoms with Crippen LogP contribution in [0.2, 0.25) is 0 Å². The van der Waals surface area contributed by atoms with Gasteiger partial charge in [0.15, 0.2) is 5.43 Å². The fraction of sp³-hybridized carbons (Fsp3) is 0.0909. The summed E-state index contributed by atoms with van der Waals surface area (Å²) in [6, 6.07) is 5.44. The molecule has 0 saturated heterocycles. The Morgan fingerprint density at radius 3 is 2.93 bits per heavy atom. The zero-order valence-electron chi connectivity index (χ0n) is 7.79. The summed E-state index contributed by atoms with van der Waals surface area (Å²) < 4.78 is 0.851. The number of hydrogen-bond donors (Lipinski definition) is 1. The van der Waals surface area contributed by atoms with Crippen molar-refractivity contribution in [2.24, 2.45) is 0 Å². The third-order valence-electron chi connectivity index (χ3n) is 2.22. The second-order valence-electron chi connectivity index (χ2n) is 3.20. The highest BCUT2D eigenvalue weighted by Gasteiger charge is 2.04. The van der Waals surface area contributed by atoms with Crippen LogP contribution in [0, 0.1) is 0 Å². The maximum absolute atomic E-state index is 11.9. The van der Waals surface area contributed by atoms with Gasteiger partial charge in [-0.15, -0.1) is 0 Å². The Morgan fingerprint density at radius 1 is 1.40 bits per heavy atom. The summed E-state index contributed by atoms with van der Waals surface area (Å²) in [6.45, 7) is 0. The van der Waals surface area contributed by atoms with E-state index >= 15 is 0 Å². The van der Waals surface area contributed by atoms with Gasteiger partial charge in [0.25, 0.3) is 0 Å². The Morgan fingerprint density at radius 2 is 2.20 bits per heavy atom. The highest BCUT2D eigenvalue weighted by Crippen LogP contribution is 2.15. The molecule has 0 aliphatic carbocycles. The minimum absolute atomic E-state index is 0.0860. The Balaban J connectivity index is 2.76. The van der Waals surface area contributed by atoms with Gasteiger partial charge in [0.05, 0.1) is 0 Å². The van der Waals surface area contributed by atoms with Gasteiger partial charge in [-0.3, -0.25) is 4.79 Å². The van der Waals surface area contributed by atoms with Crippen LogP contribution < -0.4 is 5.43 Å². The lowest BCUT2D eigenvalue weighted by Crippen LogP contribution is -2.10. The van der Waals surface area contributed by atoms with E-state index < -0.39 is 0 Å². The fourth-order valence-corrected chi connectivity index (χ4v) is 1.84. The lowest BCUT2D eigenvalue weighted by atomic mass is 10.1. The van der Waals surface area contributed by atoms with Gasteiger partial charge in [0.1, 0.15) is 6.29 Å². The number of hydrogen-bond acceptors (Lipinski definition) is 2. The number of halogens is 1. The molecule has 1 aromatic carbocycles. The molecule has 0 fully saturated rings. The van der Waals surface area contributed by atoms with E-state index in [0.29, 0.717) is 10.9 Å². The Labute approximate surface area is 94.3 Å². The van der Waals surface area contributed by atoms with Gasteiger partial charge in [-0.1, -0.05) is 15.9 Å². The van der Waals surface area contributed by atoms with Gasteiger partial charge >= 0.3 is 0 Å². The molecule has 0 amide bonds. The molecular formula is C11H8BrNO2. The quantitative estimate of drug-likeness (QED) is 0.845. The second kappa shape index (κ2) is 3.98. The molecule has 15 heavy (non-hydrogen) atoms. The third-order valence-corrected chi connectivity index (χ3v) is 2.72. The number of fused-ring (bicyclic) bond motifs is 1. The number of carbonyl (C=O) groups excluding carboxylic acids is 1. The normalized spacial score (nSPS) is 10.5. The number of benzene rings is 1. The minimum atomic E-state index is -0.0860. The third kappa shape index (κ3) is 1.85. The summed E-state index contributed by atoms with van der Waals surface area (Å²) >= 11 is 3.31. The molecule has 1 N–H and O–H groups in total. The average molecular weight is 266 g/mol. The van der Waals surface area contributed by atoms with Gasteiger partial charge in [-0.2, -0.15) is 0 Å². The van der Waals surface area contributed by atoms with Crippen LogP contribution in [0.15, 0.2) is 33.7 Å². The number of carbonyl (C=O) groups is 1. The van der Waals surface area contributed by atoms with E-state index in [0.717, 1.165) is 16.3 Å². The van der Waals surface area contributed by atoms with Crippen molar-refractivity contribution < 1.29 is 4.79 Å². The Kier molecular flexibility index (Phi) is 2.68. The molecule has 0 aliphatic rings. The fourth-order valence-electron chi connectivity index (χ4n) is 1.47. The van der Waals surface area contributed by atoms with Crippen molar-refractivity contribution in [2.45, 2.75) is 6.42 Å². The van der Waals surface area contributed by atoms with E-state index in [1.165, 1.54) is 0 Å². The van der Waals surface area contributed by atoms with Crippen molar-refractivity contribution in [1.29, 1.82) is 0 Å². The van der Waals surface area contributed by atoms with Crippen LogP contribution in [0.3, 0.4) is 0 Å². The van der Waals surface area contributed by atoms with Gasteiger partial charge in [0, 0.05) is 33.6 Å². The van der Waals surface area contributed by atoms with Crippen molar-refractivity contribution in [3.63, 3.8) is 0 Å². The summed E-state index contributed by atoms with van der Waals surface area (Å²) in [5.41, 5.74) is 1.19. The number of aromatic amines is 1. The van der Waals surface area contributed by atoms with E-state index in [1.54, 1.807) is 12.3 Å². The predicted octanol–water partition coefficient (Wildman–Crippen LogP) is 2.03. The van der Waals surface area contributed by atoms with Crippen molar-refractivity contribution in [1.82, 2.24) is 4.98 Å². The second-order valence-corrected chi connectivity index (χ2v) is 4.12.